The molecule has 0 saturated carbocycles. The number of nitrogens with two attached hydrogens (primary N) is 1. The van der Waals surface area contributed by atoms with Crippen molar-refractivity contribution in [2.75, 3.05) is 13.2 Å². The summed E-state index contributed by atoms with van der Waals surface area (Å²) in [6, 6.07) is 3.87. The number of carbonyl (C=O) groups excluding carboxylic acids is 2. The van der Waals surface area contributed by atoms with E-state index in [1.807, 2.05) is 0 Å². The molecule has 0 unspecified atom stereocenters. The molecule has 0 spiro atoms. The van der Waals surface area contributed by atoms with E-state index in [-0.39, 0.29) is 36.2 Å². The lowest BCUT2D eigenvalue weighted by Crippen LogP contribution is -2.31. The van der Waals surface area contributed by atoms with Gasteiger partial charge >= 0.3 is 0 Å². The van der Waals surface area contributed by atoms with Gasteiger partial charge in [-0.05, 0) is 12.1 Å². The van der Waals surface area contributed by atoms with Crippen LogP contribution in [0.25, 0.3) is 0 Å². The van der Waals surface area contributed by atoms with Gasteiger partial charge in [-0.2, -0.15) is 0 Å². The third kappa shape index (κ3) is 5.66. The maximum Gasteiger partial charge on any atom is 0.257 e. The summed E-state index contributed by atoms with van der Waals surface area (Å²) in [6.45, 7) is -0.0495. The number of nitrogens with one attached hydrogen (secondary N) is 1. The topological polar surface area (TPSA) is 93.8 Å². The van der Waals surface area contributed by atoms with Gasteiger partial charge in [0.2, 0.25) is 6.41 Å². The fourth-order valence-corrected chi connectivity index (χ4v) is 1.35. The lowest BCUT2D eigenvalue weighted by molar-refractivity contribution is -0.123. The van der Waals surface area contributed by atoms with Crippen molar-refractivity contribution in [1.29, 1.82) is 0 Å². The first-order valence-electron chi connectivity index (χ1n) is 5.63. The van der Waals surface area contributed by atoms with Crippen molar-refractivity contribution in [2.45, 2.75) is 6.42 Å². The molecule has 0 radical (unpaired) electrons. The zero-order chi connectivity index (χ0) is 15.0. The molecule has 0 aliphatic carbocycles. The van der Waals surface area contributed by atoms with Gasteiger partial charge in [0.25, 0.3) is 5.91 Å². The largest absolute Gasteiger partial charge is 0.484 e. The normalized spacial score (nSPS) is 11.0. The van der Waals surface area contributed by atoms with Crippen LogP contribution in [0.4, 0.5) is 4.39 Å². The fraction of sp³-hybridized carbons (Fsp3) is 0.250. The zero-order valence-electron chi connectivity index (χ0n) is 10.4. The monoisotopic (exact) mass is 301 g/mol. The minimum absolute atomic E-state index is 0.0215. The second-order valence-electron chi connectivity index (χ2n) is 3.69. The highest BCUT2D eigenvalue weighted by Crippen LogP contribution is 2.20. The van der Waals surface area contributed by atoms with Gasteiger partial charge in [-0.1, -0.05) is 11.6 Å². The number of aliphatic imine (C=N–C) groups is 1. The quantitative estimate of drug-likeness (QED) is 0.444. The molecule has 0 aliphatic rings. The molecule has 2 amide bonds. The minimum Gasteiger partial charge on any atom is -0.484 e. The number of hydrogen-bond donors (Lipinski definition) is 2. The second kappa shape index (κ2) is 8.11. The second-order valence-corrected chi connectivity index (χ2v) is 4.10. The number of nitrogens with zero attached hydrogens (tertiary/aromatic N) is 1. The number of amidine groups is 1. The predicted molar refractivity (Wildman–Crippen MR) is 72.2 cm³/mol. The summed E-state index contributed by atoms with van der Waals surface area (Å²) in [5.74, 6) is -0.702. The summed E-state index contributed by atoms with van der Waals surface area (Å²) in [4.78, 5) is 24.7. The highest BCUT2D eigenvalue weighted by molar-refractivity contribution is 6.30. The van der Waals surface area contributed by atoms with Crippen molar-refractivity contribution in [3.63, 3.8) is 0 Å². The van der Waals surface area contributed by atoms with Gasteiger partial charge in [-0.15, -0.1) is 0 Å². The van der Waals surface area contributed by atoms with Crippen LogP contribution < -0.4 is 15.8 Å². The van der Waals surface area contributed by atoms with Crippen molar-refractivity contribution in [3.8, 4) is 5.75 Å². The summed E-state index contributed by atoms with van der Waals surface area (Å²) in [5.41, 5.74) is 5.35. The van der Waals surface area contributed by atoms with E-state index < -0.39 is 11.7 Å². The van der Waals surface area contributed by atoms with Crippen LogP contribution >= 0.6 is 11.6 Å². The molecular weight excluding hydrogens is 289 g/mol. The van der Waals surface area contributed by atoms with Gasteiger partial charge in [-0.3, -0.25) is 9.59 Å². The average molecular weight is 302 g/mol. The standard InChI is InChI=1S/C12H13ClFN3O3/c13-9-2-1-8(5-10(9)14)20-6-12(19)16-4-3-11(15)17-7-18/h1-2,5,7H,3-4,6H2,(H,16,19)(H2,15,17,18). The lowest BCUT2D eigenvalue weighted by atomic mass is 10.3. The Bertz CT molecular complexity index is 523. The third-order valence-electron chi connectivity index (χ3n) is 2.18. The van der Waals surface area contributed by atoms with Crippen molar-refractivity contribution in [3.05, 3.63) is 29.0 Å². The Balaban J connectivity index is 2.31. The molecule has 0 saturated heterocycles. The van der Waals surface area contributed by atoms with Gasteiger partial charge in [0.15, 0.2) is 6.61 Å². The van der Waals surface area contributed by atoms with Gasteiger partial charge < -0.3 is 15.8 Å². The highest BCUT2D eigenvalue weighted by atomic mass is 35.5. The fourth-order valence-electron chi connectivity index (χ4n) is 1.23. The SMILES string of the molecule is NC(CCNC(=O)COc1ccc(Cl)c(F)c1)=NC=O. The van der Waals surface area contributed by atoms with Crippen LogP contribution in [0.3, 0.4) is 0 Å². The first-order chi connectivity index (χ1) is 9.52. The van der Waals surface area contributed by atoms with Gasteiger partial charge in [0.1, 0.15) is 17.4 Å². The van der Waals surface area contributed by atoms with E-state index in [1.165, 1.54) is 12.1 Å². The number of ether oxygens (including phenoxy) is 1. The maximum absolute atomic E-state index is 13.1. The Morgan fingerprint density at radius 3 is 2.95 bits per heavy atom. The smallest absolute Gasteiger partial charge is 0.257 e. The van der Waals surface area contributed by atoms with Crippen LogP contribution in [-0.4, -0.2) is 31.3 Å². The van der Waals surface area contributed by atoms with E-state index in [1.54, 1.807) is 0 Å². The van der Waals surface area contributed by atoms with Crippen LogP contribution in [0.5, 0.6) is 5.75 Å². The number of amides is 2. The Morgan fingerprint density at radius 2 is 2.30 bits per heavy atom. The molecule has 20 heavy (non-hydrogen) atoms. The van der Waals surface area contributed by atoms with Crippen LogP contribution in [0, 0.1) is 5.82 Å². The molecule has 1 aromatic carbocycles. The maximum atomic E-state index is 13.1. The Kier molecular flexibility index (Phi) is 6.45. The molecule has 0 aliphatic heterocycles. The molecule has 1 rings (SSSR count). The minimum atomic E-state index is -0.623. The van der Waals surface area contributed by atoms with Crippen LogP contribution in [0.2, 0.25) is 5.02 Å². The molecule has 0 fully saturated rings. The van der Waals surface area contributed by atoms with E-state index in [0.717, 1.165) is 6.07 Å². The van der Waals surface area contributed by atoms with Crippen molar-refractivity contribution in [1.82, 2.24) is 5.32 Å². The molecule has 0 heterocycles. The first kappa shape index (κ1) is 15.9. The van der Waals surface area contributed by atoms with Crippen LogP contribution in [0.15, 0.2) is 23.2 Å². The van der Waals surface area contributed by atoms with E-state index >= 15 is 0 Å². The zero-order valence-corrected chi connectivity index (χ0v) is 11.2. The molecule has 6 nitrogen and oxygen atoms in total. The molecule has 8 heteroatoms. The summed E-state index contributed by atoms with van der Waals surface area (Å²) in [5, 5.41) is 2.49. The van der Waals surface area contributed by atoms with E-state index in [9.17, 15) is 14.0 Å². The Hall–Kier alpha value is -2.15. The van der Waals surface area contributed by atoms with Crippen LogP contribution in [0.1, 0.15) is 6.42 Å². The molecule has 3 N–H and O–H groups in total. The molecule has 108 valence electrons. The Labute approximate surface area is 119 Å². The molecule has 1 aromatic rings. The molecule has 0 aromatic heterocycles. The summed E-state index contributed by atoms with van der Waals surface area (Å²) >= 11 is 5.51. The van der Waals surface area contributed by atoms with Crippen molar-refractivity contribution in [2.24, 2.45) is 10.7 Å². The predicted octanol–water partition coefficient (Wildman–Crippen LogP) is 0.878. The van der Waals surface area contributed by atoms with E-state index in [0.29, 0.717) is 6.41 Å². The van der Waals surface area contributed by atoms with Crippen molar-refractivity contribution < 1.29 is 18.7 Å². The number of halogens is 2. The number of hydrogen-bond acceptors (Lipinski definition) is 3. The number of benzene rings is 1. The summed E-state index contributed by atoms with van der Waals surface area (Å²) in [7, 11) is 0. The highest BCUT2D eigenvalue weighted by Gasteiger charge is 2.05. The lowest BCUT2D eigenvalue weighted by Gasteiger charge is -2.07. The third-order valence-corrected chi connectivity index (χ3v) is 2.49. The molecule has 0 atom stereocenters. The first-order valence-corrected chi connectivity index (χ1v) is 6.01. The summed E-state index contributed by atoms with van der Waals surface area (Å²) in [6.07, 6.45) is 0.579. The summed E-state index contributed by atoms with van der Waals surface area (Å²) < 4.78 is 18.2. The van der Waals surface area contributed by atoms with Crippen molar-refractivity contribution >= 4 is 29.8 Å². The number of carbonyl (C=O) groups is 2. The van der Waals surface area contributed by atoms with Gasteiger partial charge in [0.05, 0.1) is 5.02 Å². The van der Waals surface area contributed by atoms with E-state index in [2.05, 4.69) is 10.3 Å². The van der Waals surface area contributed by atoms with Gasteiger partial charge in [0, 0.05) is 19.0 Å². The van der Waals surface area contributed by atoms with E-state index in [4.69, 9.17) is 22.1 Å². The average Bonchev–Trinajstić information content (AvgIpc) is 2.40. The molecular formula is C12H13ClFN3O3. The number of rotatable bonds is 7. The Morgan fingerprint density at radius 1 is 1.55 bits per heavy atom. The molecule has 0 bridgehead atoms. The van der Waals surface area contributed by atoms with Crippen LogP contribution in [-0.2, 0) is 9.59 Å². The van der Waals surface area contributed by atoms with Gasteiger partial charge in [-0.25, -0.2) is 9.38 Å².